The number of aryl methyl sites for hydroxylation is 1. The van der Waals surface area contributed by atoms with Crippen LogP contribution in [0.25, 0.3) is 10.2 Å². The van der Waals surface area contributed by atoms with Gasteiger partial charge < -0.3 is 19.0 Å². The molecule has 0 radical (unpaired) electrons. The number of para-hydroxylation sites is 1. The quantitative estimate of drug-likeness (QED) is 0.391. The predicted molar refractivity (Wildman–Crippen MR) is 127 cm³/mol. The molecule has 2 aromatic heterocycles. The summed E-state index contributed by atoms with van der Waals surface area (Å²) in [5, 5.41) is 11.3. The Morgan fingerprint density at radius 1 is 1.15 bits per heavy atom. The number of amides is 1. The van der Waals surface area contributed by atoms with Gasteiger partial charge in [-0.05, 0) is 42.8 Å². The number of methoxy groups -OCH3 is 2. The predicted octanol–water partition coefficient (Wildman–Crippen LogP) is 5.00. The Bertz CT molecular complexity index is 1450. The molecule has 0 saturated carbocycles. The molecule has 1 amide bonds. The van der Waals surface area contributed by atoms with E-state index in [-0.39, 0.29) is 11.3 Å². The number of ketones is 1. The molecule has 1 aliphatic heterocycles. The van der Waals surface area contributed by atoms with E-state index in [0.717, 1.165) is 10.3 Å². The SMILES string of the molecule is COc1cccc(C2C(C(=O)c3ccco3)=C(O)C(=O)N2c2nc3ccc(C)cc3s2)c1OC. The van der Waals surface area contributed by atoms with Crippen LogP contribution in [-0.4, -0.2) is 36.0 Å². The van der Waals surface area contributed by atoms with Crippen molar-refractivity contribution in [3.05, 3.63) is 83.0 Å². The number of aromatic nitrogens is 1. The lowest BCUT2D eigenvalue weighted by atomic mass is 9.94. The first-order chi connectivity index (χ1) is 16.4. The molecule has 9 heteroatoms. The van der Waals surface area contributed by atoms with Gasteiger partial charge in [-0.15, -0.1) is 0 Å². The molecule has 0 spiro atoms. The number of aliphatic hydroxyl groups is 1. The number of carbonyl (C=O) groups is 2. The van der Waals surface area contributed by atoms with E-state index in [1.54, 1.807) is 24.3 Å². The third-order valence-corrected chi connectivity index (χ3v) is 6.68. The molecule has 3 heterocycles. The van der Waals surface area contributed by atoms with Gasteiger partial charge >= 0.3 is 0 Å². The molecule has 0 aliphatic carbocycles. The van der Waals surface area contributed by atoms with Crippen LogP contribution in [0, 0.1) is 6.92 Å². The first kappa shape index (κ1) is 21.7. The Morgan fingerprint density at radius 2 is 1.97 bits per heavy atom. The van der Waals surface area contributed by atoms with Gasteiger partial charge in [0.1, 0.15) is 6.04 Å². The Balaban J connectivity index is 1.74. The monoisotopic (exact) mass is 476 g/mol. The van der Waals surface area contributed by atoms with Gasteiger partial charge in [-0.2, -0.15) is 0 Å². The number of hydrogen-bond donors (Lipinski definition) is 1. The van der Waals surface area contributed by atoms with Gasteiger partial charge in [0.25, 0.3) is 5.91 Å². The van der Waals surface area contributed by atoms with E-state index in [1.165, 1.54) is 42.8 Å². The summed E-state index contributed by atoms with van der Waals surface area (Å²) < 4.78 is 17.2. The number of furan rings is 1. The summed E-state index contributed by atoms with van der Waals surface area (Å²) in [6, 6.07) is 13.0. The summed E-state index contributed by atoms with van der Waals surface area (Å²) in [6.45, 7) is 1.97. The molecule has 34 heavy (non-hydrogen) atoms. The minimum absolute atomic E-state index is 0.00277. The normalized spacial score (nSPS) is 15.9. The van der Waals surface area contributed by atoms with Crippen molar-refractivity contribution in [3.63, 3.8) is 0 Å². The third kappa shape index (κ3) is 3.32. The van der Waals surface area contributed by atoms with Crippen LogP contribution in [0.3, 0.4) is 0 Å². The summed E-state index contributed by atoms with van der Waals surface area (Å²) in [6.07, 6.45) is 1.36. The molecular formula is C25H20N2O6S. The number of anilines is 1. The van der Waals surface area contributed by atoms with Crippen molar-refractivity contribution >= 4 is 38.4 Å². The molecule has 0 saturated heterocycles. The number of rotatable bonds is 6. The second-order valence-corrected chi connectivity index (χ2v) is 8.71. The number of aliphatic hydroxyl groups excluding tert-OH is 1. The maximum Gasteiger partial charge on any atom is 0.296 e. The maximum absolute atomic E-state index is 13.4. The van der Waals surface area contributed by atoms with Crippen LogP contribution in [0.5, 0.6) is 11.5 Å². The summed E-state index contributed by atoms with van der Waals surface area (Å²) in [7, 11) is 2.97. The van der Waals surface area contributed by atoms with E-state index in [9.17, 15) is 14.7 Å². The molecule has 4 aromatic rings. The first-order valence-electron chi connectivity index (χ1n) is 10.4. The zero-order valence-corrected chi connectivity index (χ0v) is 19.4. The molecule has 0 bridgehead atoms. The molecule has 1 unspecified atom stereocenters. The van der Waals surface area contributed by atoms with E-state index >= 15 is 0 Å². The van der Waals surface area contributed by atoms with Gasteiger partial charge in [0.15, 0.2) is 28.1 Å². The Hall–Kier alpha value is -4.11. The Morgan fingerprint density at radius 3 is 2.68 bits per heavy atom. The average molecular weight is 477 g/mol. The van der Waals surface area contributed by atoms with Crippen molar-refractivity contribution in [1.82, 2.24) is 4.98 Å². The molecule has 172 valence electrons. The minimum atomic E-state index is -1.02. The van der Waals surface area contributed by atoms with Crippen molar-refractivity contribution in [2.75, 3.05) is 19.1 Å². The zero-order chi connectivity index (χ0) is 24.0. The highest BCUT2D eigenvalue weighted by Crippen LogP contribution is 2.48. The molecule has 2 aromatic carbocycles. The van der Waals surface area contributed by atoms with Crippen molar-refractivity contribution in [1.29, 1.82) is 0 Å². The fraction of sp³-hybridized carbons (Fsp3) is 0.160. The van der Waals surface area contributed by atoms with Crippen LogP contribution in [0.4, 0.5) is 5.13 Å². The third-order valence-electron chi connectivity index (χ3n) is 5.66. The number of hydrogen-bond acceptors (Lipinski definition) is 8. The van der Waals surface area contributed by atoms with E-state index in [2.05, 4.69) is 4.98 Å². The number of thiazole rings is 1. The fourth-order valence-corrected chi connectivity index (χ4v) is 5.21. The molecule has 1 N–H and O–H groups in total. The lowest BCUT2D eigenvalue weighted by Gasteiger charge is -2.26. The van der Waals surface area contributed by atoms with Gasteiger partial charge in [-0.25, -0.2) is 4.98 Å². The average Bonchev–Trinajstić information content (AvgIpc) is 3.57. The van der Waals surface area contributed by atoms with Crippen molar-refractivity contribution in [2.45, 2.75) is 13.0 Å². The summed E-state index contributed by atoms with van der Waals surface area (Å²) >= 11 is 1.30. The largest absolute Gasteiger partial charge is 0.503 e. The van der Waals surface area contributed by atoms with Crippen molar-refractivity contribution in [3.8, 4) is 11.5 Å². The van der Waals surface area contributed by atoms with Crippen molar-refractivity contribution in [2.24, 2.45) is 0 Å². The minimum Gasteiger partial charge on any atom is -0.503 e. The van der Waals surface area contributed by atoms with Gasteiger partial charge in [-0.3, -0.25) is 14.5 Å². The molecule has 0 fully saturated rings. The van der Waals surface area contributed by atoms with Crippen LogP contribution in [-0.2, 0) is 4.79 Å². The smallest absolute Gasteiger partial charge is 0.296 e. The number of Topliss-reactive ketones (excluding diaryl/α,β-unsaturated/α-hetero) is 1. The van der Waals surface area contributed by atoms with Crippen LogP contribution < -0.4 is 14.4 Å². The summed E-state index contributed by atoms with van der Waals surface area (Å²) in [4.78, 5) is 32.8. The molecule has 1 atom stereocenters. The standard InChI is InChI=1S/C25H20N2O6S/c1-13-9-10-15-18(12-13)34-25(26-15)27-20(14-6-4-7-17(31-2)23(14)32-3)19(22(29)24(27)30)21(28)16-8-5-11-33-16/h4-12,20,29H,1-3H3. The van der Waals surface area contributed by atoms with Crippen molar-refractivity contribution < 1.29 is 28.6 Å². The number of benzene rings is 2. The molecule has 8 nitrogen and oxygen atoms in total. The Kier molecular flexibility index (Phi) is 5.33. The number of fused-ring (bicyclic) bond motifs is 1. The van der Waals surface area contributed by atoms with E-state index < -0.39 is 23.5 Å². The second kappa shape index (κ2) is 8.35. The summed E-state index contributed by atoms with van der Waals surface area (Å²) in [5.41, 5.74) is 2.10. The highest BCUT2D eigenvalue weighted by molar-refractivity contribution is 7.22. The number of carbonyl (C=O) groups excluding carboxylic acids is 2. The summed E-state index contributed by atoms with van der Waals surface area (Å²) in [5.74, 6) is -1.24. The fourth-order valence-electron chi connectivity index (χ4n) is 4.12. The van der Waals surface area contributed by atoms with Crippen LogP contribution in [0.2, 0.25) is 0 Å². The highest BCUT2D eigenvalue weighted by Gasteiger charge is 2.47. The van der Waals surface area contributed by atoms with Gasteiger partial charge in [-0.1, -0.05) is 29.5 Å². The second-order valence-electron chi connectivity index (χ2n) is 7.70. The number of ether oxygens (including phenoxy) is 2. The van der Waals surface area contributed by atoms with Gasteiger partial charge in [0.2, 0.25) is 5.78 Å². The zero-order valence-electron chi connectivity index (χ0n) is 18.6. The van der Waals surface area contributed by atoms with Crippen LogP contribution in [0.15, 0.2) is 70.5 Å². The van der Waals surface area contributed by atoms with Crippen LogP contribution >= 0.6 is 11.3 Å². The van der Waals surface area contributed by atoms with E-state index in [0.29, 0.717) is 27.7 Å². The Labute approximate surface area is 198 Å². The molecular weight excluding hydrogens is 456 g/mol. The highest BCUT2D eigenvalue weighted by atomic mass is 32.1. The van der Waals surface area contributed by atoms with Crippen LogP contribution in [0.1, 0.15) is 27.7 Å². The lowest BCUT2D eigenvalue weighted by molar-refractivity contribution is -0.117. The van der Waals surface area contributed by atoms with E-state index in [4.69, 9.17) is 13.9 Å². The lowest BCUT2D eigenvalue weighted by Crippen LogP contribution is -2.31. The van der Waals surface area contributed by atoms with Gasteiger partial charge in [0, 0.05) is 5.56 Å². The van der Waals surface area contributed by atoms with Gasteiger partial charge in [0.05, 0.1) is 36.3 Å². The molecule has 5 rings (SSSR count). The maximum atomic E-state index is 13.4. The number of nitrogens with zero attached hydrogens (tertiary/aromatic N) is 2. The molecule has 1 aliphatic rings. The topological polar surface area (TPSA) is 102 Å². The first-order valence-corrected chi connectivity index (χ1v) is 11.2. The van der Waals surface area contributed by atoms with E-state index in [1.807, 2.05) is 25.1 Å².